The Bertz CT molecular complexity index is 515. The molecule has 1 aliphatic heterocycles. The van der Waals surface area contributed by atoms with Crippen LogP contribution in [0.1, 0.15) is 12.8 Å². The zero-order valence-electron chi connectivity index (χ0n) is 10.5. The van der Waals surface area contributed by atoms with Crippen LogP contribution in [0.5, 0.6) is 0 Å². The van der Waals surface area contributed by atoms with E-state index in [4.69, 9.17) is 16.4 Å². The first kappa shape index (κ1) is 14.7. The molecule has 1 saturated heterocycles. The zero-order valence-corrected chi connectivity index (χ0v) is 12.1. The van der Waals surface area contributed by atoms with Crippen molar-refractivity contribution in [1.82, 2.24) is 9.79 Å². The predicted octanol–water partition coefficient (Wildman–Crippen LogP) is 1.65. The Morgan fingerprint density at radius 2 is 1.95 bits per heavy atom. The van der Waals surface area contributed by atoms with E-state index in [1.807, 2.05) is 0 Å². The summed E-state index contributed by atoms with van der Waals surface area (Å²) in [5.74, 6) is 0. The van der Waals surface area contributed by atoms with Crippen molar-refractivity contribution in [3.8, 4) is 0 Å². The molecule has 0 atom stereocenters. The third-order valence-corrected chi connectivity index (χ3v) is 4.72. The third kappa shape index (κ3) is 4.15. The van der Waals surface area contributed by atoms with Gasteiger partial charge in [-0.3, -0.25) is 4.84 Å². The van der Waals surface area contributed by atoms with Crippen LogP contribution in [0.4, 0.5) is 0 Å². The lowest BCUT2D eigenvalue weighted by atomic mass is 10.4. The Morgan fingerprint density at radius 3 is 2.63 bits per heavy atom. The second-order valence-electron chi connectivity index (χ2n) is 4.41. The van der Waals surface area contributed by atoms with E-state index in [-0.39, 0.29) is 9.92 Å². The molecule has 106 valence electrons. The van der Waals surface area contributed by atoms with Crippen LogP contribution < -0.4 is 4.89 Å². The number of nitrogens with one attached hydrogen (secondary N) is 1. The van der Waals surface area contributed by atoms with Gasteiger partial charge in [0.15, 0.2) is 0 Å². The summed E-state index contributed by atoms with van der Waals surface area (Å²) in [6.07, 6.45) is 2.40. The first-order valence-corrected chi connectivity index (χ1v) is 8.06. The van der Waals surface area contributed by atoms with Crippen molar-refractivity contribution in [3.05, 3.63) is 29.3 Å². The SMILES string of the molecule is O=S(=O)(NOCCN1CCCC1)c1ccccc1Cl. The standard InChI is InChI=1S/C12H17ClN2O3S/c13-11-5-1-2-6-12(11)19(16,17)14-18-10-9-15-7-3-4-8-15/h1-2,5-6,14H,3-4,7-10H2. The van der Waals surface area contributed by atoms with Gasteiger partial charge in [0, 0.05) is 6.54 Å². The molecular weight excluding hydrogens is 288 g/mol. The van der Waals surface area contributed by atoms with Crippen molar-refractivity contribution in [3.63, 3.8) is 0 Å². The number of sulfonamides is 1. The molecule has 0 spiro atoms. The minimum absolute atomic E-state index is 0.0258. The number of benzene rings is 1. The first-order valence-electron chi connectivity index (χ1n) is 6.20. The van der Waals surface area contributed by atoms with Crippen LogP contribution >= 0.6 is 11.6 Å². The lowest BCUT2D eigenvalue weighted by Gasteiger charge is -2.14. The number of halogens is 1. The van der Waals surface area contributed by atoms with Crippen molar-refractivity contribution < 1.29 is 13.3 Å². The van der Waals surface area contributed by atoms with Gasteiger partial charge in [-0.15, -0.1) is 0 Å². The second kappa shape index (κ2) is 6.67. The van der Waals surface area contributed by atoms with Gasteiger partial charge in [0.1, 0.15) is 4.90 Å². The molecular formula is C12H17ClN2O3S. The average Bonchev–Trinajstić information content (AvgIpc) is 2.88. The van der Waals surface area contributed by atoms with Gasteiger partial charge >= 0.3 is 0 Å². The van der Waals surface area contributed by atoms with Crippen molar-refractivity contribution in [2.75, 3.05) is 26.2 Å². The topological polar surface area (TPSA) is 58.6 Å². The van der Waals surface area contributed by atoms with Gasteiger partial charge < -0.3 is 4.90 Å². The molecule has 1 aliphatic rings. The van der Waals surface area contributed by atoms with Crippen molar-refractivity contribution in [1.29, 1.82) is 0 Å². The number of rotatable bonds is 6. The maximum atomic E-state index is 11.9. The number of hydrogen-bond donors (Lipinski definition) is 1. The normalized spacial score (nSPS) is 16.9. The van der Waals surface area contributed by atoms with Gasteiger partial charge in [-0.25, -0.2) is 8.42 Å². The van der Waals surface area contributed by atoms with E-state index in [1.165, 1.54) is 25.0 Å². The summed E-state index contributed by atoms with van der Waals surface area (Å²) >= 11 is 5.84. The summed E-state index contributed by atoms with van der Waals surface area (Å²) in [7, 11) is -3.71. The van der Waals surface area contributed by atoms with Crippen molar-refractivity contribution in [2.24, 2.45) is 0 Å². The van der Waals surface area contributed by atoms with Crippen LogP contribution in [0.2, 0.25) is 5.02 Å². The number of hydrogen-bond acceptors (Lipinski definition) is 4. The summed E-state index contributed by atoms with van der Waals surface area (Å²) in [5, 5.41) is 0.179. The lowest BCUT2D eigenvalue weighted by molar-refractivity contribution is 0.0756. The molecule has 2 rings (SSSR count). The maximum absolute atomic E-state index is 11.9. The summed E-state index contributed by atoms with van der Waals surface area (Å²) in [5.41, 5.74) is 0. The highest BCUT2D eigenvalue weighted by Crippen LogP contribution is 2.19. The molecule has 0 amide bonds. The maximum Gasteiger partial charge on any atom is 0.263 e. The zero-order chi connectivity index (χ0) is 13.7. The van der Waals surface area contributed by atoms with Gasteiger partial charge in [0.05, 0.1) is 11.6 Å². The van der Waals surface area contributed by atoms with Crippen LogP contribution in [0.25, 0.3) is 0 Å². The highest BCUT2D eigenvalue weighted by Gasteiger charge is 2.18. The van der Waals surface area contributed by atoms with Gasteiger partial charge in [-0.2, -0.15) is 0 Å². The highest BCUT2D eigenvalue weighted by atomic mass is 35.5. The molecule has 1 aromatic carbocycles. The minimum atomic E-state index is -3.71. The van der Waals surface area contributed by atoms with Gasteiger partial charge in [-0.05, 0) is 38.1 Å². The highest BCUT2D eigenvalue weighted by molar-refractivity contribution is 7.89. The molecule has 0 radical (unpaired) electrons. The molecule has 0 bridgehead atoms. The van der Waals surface area contributed by atoms with Crippen LogP contribution in [-0.2, 0) is 14.9 Å². The predicted molar refractivity (Wildman–Crippen MR) is 73.4 cm³/mol. The molecule has 1 heterocycles. The molecule has 0 aliphatic carbocycles. The summed E-state index contributed by atoms with van der Waals surface area (Å²) < 4.78 is 23.8. The van der Waals surface area contributed by atoms with E-state index in [9.17, 15) is 8.42 Å². The molecule has 1 aromatic rings. The molecule has 5 nitrogen and oxygen atoms in total. The van der Waals surface area contributed by atoms with Crippen LogP contribution in [0.3, 0.4) is 0 Å². The van der Waals surface area contributed by atoms with Gasteiger partial charge in [0.25, 0.3) is 10.0 Å². The van der Waals surface area contributed by atoms with E-state index in [2.05, 4.69) is 9.79 Å². The number of nitrogens with zero attached hydrogens (tertiary/aromatic N) is 1. The largest absolute Gasteiger partial charge is 0.301 e. The fraction of sp³-hybridized carbons (Fsp3) is 0.500. The smallest absolute Gasteiger partial charge is 0.263 e. The molecule has 7 heteroatoms. The van der Waals surface area contributed by atoms with E-state index in [0.29, 0.717) is 6.61 Å². The van der Waals surface area contributed by atoms with E-state index >= 15 is 0 Å². The lowest BCUT2D eigenvalue weighted by Crippen LogP contribution is -2.30. The van der Waals surface area contributed by atoms with Crippen molar-refractivity contribution >= 4 is 21.6 Å². The molecule has 0 unspecified atom stereocenters. The van der Waals surface area contributed by atoms with E-state index < -0.39 is 10.0 Å². The Kier molecular flexibility index (Phi) is 5.18. The Balaban J connectivity index is 1.82. The summed E-state index contributed by atoms with van der Waals surface area (Å²) in [6, 6.07) is 6.26. The monoisotopic (exact) mass is 304 g/mol. The first-order chi connectivity index (χ1) is 9.09. The minimum Gasteiger partial charge on any atom is -0.301 e. The fourth-order valence-corrected chi connectivity index (χ4v) is 3.36. The quantitative estimate of drug-likeness (QED) is 0.641. The Labute approximate surface area is 118 Å². The molecule has 19 heavy (non-hydrogen) atoms. The molecule has 0 aromatic heterocycles. The summed E-state index contributed by atoms with van der Waals surface area (Å²) in [6.45, 7) is 3.16. The summed E-state index contributed by atoms with van der Waals surface area (Å²) in [4.78, 5) is 9.40. The third-order valence-electron chi connectivity index (χ3n) is 3.00. The molecule has 1 fully saturated rings. The van der Waals surface area contributed by atoms with Crippen LogP contribution in [-0.4, -0.2) is 39.6 Å². The van der Waals surface area contributed by atoms with Crippen LogP contribution in [0, 0.1) is 0 Å². The van der Waals surface area contributed by atoms with Crippen LogP contribution in [0.15, 0.2) is 29.2 Å². The number of likely N-dealkylation sites (tertiary alicyclic amines) is 1. The molecule has 0 saturated carbocycles. The second-order valence-corrected chi connectivity index (χ2v) is 6.43. The fourth-order valence-electron chi connectivity index (χ4n) is 2.01. The Morgan fingerprint density at radius 1 is 1.26 bits per heavy atom. The Hall–Kier alpha value is -0.660. The van der Waals surface area contributed by atoms with Crippen molar-refractivity contribution in [2.45, 2.75) is 17.7 Å². The average molecular weight is 305 g/mol. The van der Waals surface area contributed by atoms with E-state index in [1.54, 1.807) is 12.1 Å². The van der Waals surface area contributed by atoms with E-state index in [0.717, 1.165) is 19.6 Å². The van der Waals surface area contributed by atoms with Gasteiger partial charge in [0.2, 0.25) is 0 Å². The molecule has 1 N–H and O–H groups in total. The van der Waals surface area contributed by atoms with Gasteiger partial charge in [-0.1, -0.05) is 28.6 Å².